The molecule has 2 heterocycles. The van der Waals surface area contributed by atoms with Gasteiger partial charge in [0.1, 0.15) is 6.20 Å². The summed E-state index contributed by atoms with van der Waals surface area (Å²) in [6, 6.07) is 0. The highest BCUT2D eigenvalue weighted by atomic mass is 16.6. The van der Waals surface area contributed by atoms with Gasteiger partial charge in [-0.2, -0.15) is 4.98 Å². The van der Waals surface area contributed by atoms with Gasteiger partial charge >= 0.3 is 5.69 Å². The first-order chi connectivity index (χ1) is 8.08. The zero-order valence-corrected chi connectivity index (χ0v) is 9.67. The number of nitrogen functional groups attached to an aromatic ring is 1. The Morgan fingerprint density at radius 3 is 2.76 bits per heavy atom. The maximum atomic E-state index is 10.9. The lowest BCUT2D eigenvalue weighted by atomic mass is 9.99. The minimum atomic E-state index is -0.465. The molecule has 17 heavy (non-hydrogen) atoms. The van der Waals surface area contributed by atoms with Crippen molar-refractivity contribution < 1.29 is 4.92 Å². The van der Waals surface area contributed by atoms with Crippen molar-refractivity contribution in [2.75, 3.05) is 23.7 Å². The summed E-state index contributed by atoms with van der Waals surface area (Å²) in [4.78, 5) is 20.0. The van der Waals surface area contributed by atoms with Crippen LogP contribution in [0.25, 0.3) is 0 Å². The SMILES string of the molecule is CC1CCN(c2nc(N)ncc2[N+](=O)[O-])CC1. The fourth-order valence-electron chi connectivity index (χ4n) is 1.96. The van der Waals surface area contributed by atoms with E-state index in [2.05, 4.69) is 16.9 Å². The average Bonchev–Trinajstić information content (AvgIpc) is 2.29. The second-order valence-corrected chi connectivity index (χ2v) is 4.36. The molecule has 2 N–H and O–H groups in total. The molecular formula is C10H15N5O2. The van der Waals surface area contributed by atoms with E-state index in [0.717, 1.165) is 25.9 Å². The van der Waals surface area contributed by atoms with Gasteiger partial charge < -0.3 is 10.6 Å². The Balaban J connectivity index is 2.30. The third kappa shape index (κ3) is 2.43. The molecule has 1 fully saturated rings. The number of nitro groups is 1. The molecule has 0 atom stereocenters. The first-order valence-corrected chi connectivity index (χ1v) is 5.60. The highest BCUT2D eigenvalue weighted by molar-refractivity contribution is 5.58. The highest BCUT2D eigenvalue weighted by Gasteiger charge is 2.25. The second kappa shape index (κ2) is 4.52. The van der Waals surface area contributed by atoms with Crippen LogP contribution >= 0.6 is 0 Å². The van der Waals surface area contributed by atoms with E-state index in [0.29, 0.717) is 11.7 Å². The van der Waals surface area contributed by atoms with E-state index in [9.17, 15) is 10.1 Å². The monoisotopic (exact) mass is 237 g/mol. The smallest absolute Gasteiger partial charge is 0.329 e. The van der Waals surface area contributed by atoms with Crippen molar-refractivity contribution in [1.82, 2.24) is 9.97 Å². The Labute approximate surface area is 98.8 Å². The van der Waals surface area contributed by atoms with Gasteiger partial charge in [-0.1, -0.05) is 6.92 Å². The van der Waals surface area contributed by atoms with Crippen LogP contribution in [-0.4, -0.2) is 28.0 Å². The first-order valence-electron chi connectivity index (χ1n) is 5.60. The summed E-state index contributed by atoms with van der Waals surface area (Å²) < 4.78 is 0. The topological polar surface area (TPSA) is 98.2 Å². The lowest BCUT2D eigenvalue weighted by Crippen LogP contribution is -2.34. The molecule has 0 radical (unpaired) electrons. The van der Waals surface area contributed by atoms with Gasteiger partial charge in [0.05, 0.1) is 4.92 Å². The molecule has 1 aromatic rings. The molecule has 0 aromatic carbocycles. The lowest BCUT2D eigenvalue weighted by Gasteiger charge is -2.30. The van der Waals surface area contributed by atoms with Crippen LogP contribution < -0.4 is 10.6 Å². The molecule has 1 aliphatic rings. The molecule has 0 aliphatic carbocycles. The van der Waals surface area contributed by atoms with Crippen LogP contribution in [0.1, 0.15) is 19.8 Å². The van der Waals surface area contributed by atoms with E-state index in [1.54, 1.807) is 0 Å². The van der Waals surface area contributed by atoms with Crippen molar-refractivity contribution >= 4 is 17.5 Å². The molecule has 1 aromatic heterocycles. The molecule has 92 valence electrons. The Hall–Kier alpha value is -1.92. The normalized spacial score (nSPS) is 17.1. The van der Waals surface area contributed by atoms with E-state index in [4.69, 9.17) is 5.73 Å². The number of nitrogens with zero attached hydrogens (tertiary/aromatic N) is 4. The van der Waals surface area contributed by atoms with Crippen LogP contribution in [0.15, 0.2) is 6.20 Å². The van der Waals surface area contributed by atoms with Crippen LogP contribution in [0.3, 0.4) is 0 Å². The standard InChI is InChI=1S/C10H15N5O2/c1-7-2-4-14(5-3-7)9-8(15(16)17)6-12-10(11)13-9/h6-7H,2-5H2,1H3,(H2,11,12,13). The maximum Gasteiger partial charge on any atom is 0.329 e. The van der Waals surface area contributed by atoms with Crippen molar-refractivity contribution in [3.63, 3.8) is 0 Å². The average molecular weight is 237 g/mol. The van der Waals surface area contributed by atoms with Crippen LogP contribution in [0.2, 0.25) is 0 Å². The largest absolute Gasteiger partial charge is 0.368 e. The summed E-state index contributed by atoms with van der Waals surface area (Å²) in [5.41, 5.74) is 5.41. The van der Waals surface area contributed by atoms with E-state index in [-0.39, 0.29) is 11.6 Å². The van der Waals surface area contributed by atoms with E-state index >= 15 is 0 Å². The van der Waals surface area contributed by atoms with Gasteiger partial charge in [0.2, 0.25) is 11.8 Å². The third-order valence-corrected chi connectivity index (χ3v) is 3.05. The number of piperidine rings is 1. The van der Waals surface area contributed by atoms with Crippen LogP contribution in [-0.2, 0) is 0 Å². The summed E-state index contributed by atoms with van der Waals surface area (Å²) in [5.74, 6) is 1.07. The summed E-state index contributed by atoms with van der Waals surface area (Å²) in [6.07, 6.45) is 3.21. The van der Waals surface area contributed by atoms with Crippen LogP contribution in [0.5, 0.6) is 0 Å². The van der Waals surface area contributed by atoms with Crippen LogP contribution in [0, 0.1) is 16.0 Å². The Bertz CT molecular complexity index is 429. The van der Waals surface area contributed by atoms with Gasteiger partial charge in [0.25, 0.3) is 0 Å². The Kier molecular flexibility index (Phi) is 3.08. The molecule has 7 heteroatoms. The fourth-order valence-corrected chi connectivity index (χ4v) is 1.96. The van der Waals surface area contributed by atoms with Gasteiger partial charge in [-0.05, 0) is 18.8 Å². The first kappa shape index (κ1) is 11.6. The van der Waals surface area contributed by atoms with Crippen molar-refractivity contribution in [2.24, 2.45) is 5.92 Å². The molecule has 0 saturated carbocycles. The highest BCUT2D eigenvalue weighted by Crippen LogP contribution is 2.29. The quantitative estimate of drug-likeness (QED) is 0.613. The molecule has 0 spiro atoms. The summed E-state index contributed by atoms with van der Waals surface area (Å²) >= 11 is 0. The van der Waals surface area contributed by atoms with Gasteiger partial charge in [0, 0.05) is 13.1 Å². The molecule has 0 amide bonds. The molecule has 1 saturated heterocycles. The Morgan fingerprint density at radius 2 is 2.18 bits per heavy atom. The molecule has 1 aliphatic heterocycles. The predicted octanol–water partition coefficient (Wildman–Crippen LogP) is 1.20. The number of hydrogen-bond donors (Lipinski definition) is 1. The molecule has 0 bridgehead atoms. The summed E-state index contributed by atoms with van der Waals surface area (Å²) in [7, 11) is 0. The molecule has 7 nitrogen and oxygen atoms in total. The minimum Gasteiger partial charge on any atom is -0.368 e. The molecule has 0 unspecified atom stereocenters. The third-order valence-electron chi connectivity index (χ3n) is 3.05. The summed E-state index contributed by atoms with van der Waals surface area (Å²) in [5, 5.41) is 10.9. The van der Waals surface area contributed by atoms with Gasteiger partial charge in [-0.15, -0.1) is 0 Å². The number of anilines is 2. The number of aromatic nitrogens is 2. The zero-order valence-electron chi connectivity index (χ0n) is 9.67. The van der Waals surface area contributed by atoms with Crippen LogP contribution in [0.4, 0.5) is 17.5 Å². The Morgan fingerprint density at radius 1 is 1.53 bits per heavy atom. The zero-order chi connectivity index (χ0) is 12.4. The predicted molar refractivity (Wildman–Crippen MR) is 63.7 cm³/mol. The van der Waals surface area contributed by atoms with Crippen molar-refractivity contribution in [3.05, 3.63) is 16.3 Å². The van der Waals surface area contributed by atoms with E-state index in [1.807, 2.05) is 4.90 Å². The lowest BCUT2D eigenvalue weighted by molar-refractivity contribution is -0.384. The molecule has 2 rings (SSSR count). The summed E-state index contributed by atoms with van der Waals surface area (Å²) in [6.45, 7) is 3.73. The fraction of sp³-hybridized carbons (Fsp3) is 0.600. The van der Waals surface area contributed by atoms with Gasteiger partial charge in [-0.25, -0.2) is 4.98 Å². The number of nitrogens with two attached hydrogens (primary N) is 1. The van der Waals surface area contributed by atoms with Crippen molar-refractivity contribution in [2.45, 2.75) is 19.8 Å². The minimum absolute atomic E-state index is 0.0734. The van der Waals surface area contributed by atoms with Gasteiger partial charge in [-0.3, -0.25) is 10.1 Å². The van der Waals surface area contributed by atoms with Crippen molar-refractivity contribution in [1.29, 1.82) is 0 Å². The second-order valence-electron chi connectivity index (χ2n) is 4.36. The number of hydrogen-bond acceptors (Lipinski definition) is 6. The number of rotatable bonds is 2. The van der Waals surface area contributed by atoms with Crippen molar-refractivity contribution in [3.8, 4) is 0 Å². The van der Waals surface area contributed by atoms with E-state index in [1.165, 1.54) is 6.20 Å². The maximum absolute atomic E-state index is 10.9. The van der Waals surface area contributed by atoms with E-state index < -0.39 is 4.92 Å². The molecular weight excluding hydrogens is 222 g/mol. The van der Waals surface area contributed by atoms with Gasteiger partial charge in [0.15, 0.2) is 0 Å².